The minimum absolute atomic E-state index is 0.347. The molecule has 0 spiro atoms. The van der Waals surface area contributed by atoms with E-state index < -0.39 is 0 Å². The largest absolute Gasteiger partial charge is 0.460 e. The van der Waals surface area contributed by atoms with Gasteiger partial charge in [0.05, 0.1) is 6.54 Å². The number of hydrogen-bond acceptors (Lipinski definition) is 4. The molecule has 2 aromatic rings. The lowest BCUT2D eigenvalue weighted by Crippen LogP contribution is -2.28. The normalized spacial score (nSPS) is 11.9. The van der Waals surface area contributed by atoms with Crippen LogP contribution in [0.2, 0.25) is 0 Å². The molecule has 0 saturated heterocycles. The summed E-state index contributed by atoms with van der Waals surface area (Å²) >= 11 is 0. The minimum atomic E-state index is 0.347. The third kappa shape index (κ3) is 6.10. The number of furan rings is 1. The average Bonchev–Trinajstić information content (AvgIpc) is 3.05. The van der Waals surface area contributed by atoms with Crippen molar-refractivity contribution in [2.45, 2.75) is 27.3 Å². The van der Waals surface area contributed by atoms with Gasteiger partial charge < -0.3 is 14.9 Å². The van der Waals surface area contributed by atoms with E-state index in [1.54, 1.807) is 13.1 Å². The molecule has 0 saturated carbocycles. The van der Waals surface area contributed by atoms with Crippen LogP contribution in [0.1, 0.15) is 26.5 Å². The Morgan fingerprint density at radius 2 is 2.00 bits per heavy atom. The van der Waals surface area contributed by atoms with Crippen molar-refractivity contribution < 1.29 is 9.62 Å². The number of hydroxylamine groups is 2. The van der Waals surface area contributed by atoms with Crippen LogP contribution in [0, 0.1) is 0 Å². The first kappa shape index (κ1) is 20.5. The molecule has 1 aromatic heterocycles. The highest BCUT2D eigenvalue weighted by atomic mass is 16.5. The van der Waals surface area contributed by atoms with Crippen LogP contribution in [0.3, 0.4) is 0 Å². The van der Waals surface area contributed by atoms with E-state index >= 15 is 0 Å². The first-order chi connectivity index (χ1) is 12.0. The van der Waals surface area contributed by atoms with Gasteiger partial charge in [-0.2, -0.15) is 5.06 Å². The monoisotopic (exact) mass is 340 g/mol. The molecule has 134 valence electrons. The molecular weight excluding hydrogens is 312 g/mol. The van der Waals surface area contributed by atoms with Gasteiger partial charge in [0.2, 0.25) is 0 Å². The van der Waals surface area contributed by atoms with Gasteiger partial charge in [-0.25, -0.2) is 0 Å². The van der Waals surface area contributed by atoms with Gasteiger partial charge in [0.25, 0.3) is 0 Å². The van der Waals surface area contributed by atoms with Crippen LogP contribution in [0.15, 0.2) is 59.7 Å². The van der Waals surface area contributed by atoms with E-state index in [2.05, 4.69) is 18.5 Å². The van der Waals surface area contributed by atoms with Gasteiger partial charge >= 0.3 is 0 Å². The molecule has 0 amide bonds. The molecule has 0 bridgehead atoms. The van der Waals surface area contributed by atoms with E-state index in [4.69, 9.17) is 4.42 Å². The average molecular weight is 340 g/mol. The summed E-state index contributed by atoms with van der Waals surface area (Å²) in [5, 5.41) is 15.5. The van der Waals surface area contributed by atoms with Crippen molar-refractivity contribution in [2.24, 2.45) is 0 Å². The number of nitrogens with zero attached hydrogens (tertiary/aromatic N) is 1. The minimum Gasteiger partial charge on any atom is -0.460 e. The molecule has 0 aliphatic rings. The number of rotatable bonds is 6. The third-order valence-electron chi connectivity index (χ3n) is 3.38. The number of nitrogens with one attached hydrogen (secondary N) is 1. The van der Waals surface area contributed by atoms with Crippen molar-refractivity contribution in [2.75, 3.05) is 7.05 Å². The zero-order valence-electron chi connectivity index (χ0n) is 15.5. The molecular formula is C21H28N2O2. The van der Waals surface area contributed by atoms with Crippen LogP contribution in [0.4, 0.5) is 0 Å². The zero-order chi connectivity index (χ0) is 18.8. The van der Waals surface area contributed by atoms with Crippen molar-refractivity contribution in [3.8, 4) is 11.3 Å². The molecule has 4 nitrogen and oxygen atoms in total. The van der Waals surface area contributed by atoms with Gasteiger partial charge in [0, 0.05) is 29.7 Å². The molecule has 0 unspecified atom stereocenters. The Labute approximate surface area is 150 Å². The molecule has 25 heavy (non-hydrogen) atoms. The number of benzene rings is 1. The summed E-state index contributed by atoms with van der Waals surface area (Å²) in [6.07, 6.45) is 5.38. The maximum atomic E-state index is 9.28. The molecule has 2 rings (SSSR count). The fraction of sp³-hybridized carbons (Fsp3) is 0.238. The summed E-state index contributed by atoms with van der Waals surface area (Å²) in [7, 11) is 1.58. The predicted molar refractivity (Wildman–Crippen MR) is 105 cm³/mol. The van der Waals surface area contributed by atoms with Crippen LogP contribution >= 0.6 is 0 Å². The quantitative estimate of drug-likeness (QED) is 0.623. The van der Waals surface area contributed by atoms with Gasteiger partial charge in [-0.05, 0) is 36.4 Å². The van der Waals surface area contributed by atoms with Crippen molar-refractivity contribution in [1.29, 1.82) is 0 Å². The first-order valence-electron chi connectivity index (χ1n) is 8.34. The lowest BCUT2D eigenvalue weighted by atomic mass is 10.1. The second-order valence-corrected chi connectivity index (χ2v) is 5.32. The first-order valence-corrected chi connectivity index (χ1v) is 8.34. The Bertz CT molecular complexity index is 817. The highest BCUT2D eigenvalue weighted by Gasteiger charge is 2.06. The number of allylic oxidation sites excluding steroid dienone is 2. The molecule has 0 fully saturated rings. The molecule has 0 atom stereocenters. The molecule has 2 N–H and O–H groups in total. The van der Waals surface area contributed by atoms with E-state index in [1.807, 2.05) is 63.4 Å². The van der Waals surface area contributed by atoms with Gasteiger partial charge in [-0.15, -0.1) is 0 Å². The van der Waals surface area contributed by atoms with Crippen LogP contribution in [0.5, 0.6) is 0 Å². The highest BCUT2D eigenvalue weighted by Crippen LogP contribution is 2.20. The Morgan fingerprint density at radius 1 is 1.28 bits per heavy atom. The van der Waals surface area contributed by atoms with Crippen molar-refractivity contribution in [3.05, 3.63) is 71.5 Å². The van der Waals surface area contributed by atoms with Crippen molar-refractivity contribution in [1.82, 2.24) is 10.4 Å². The van der Waals surface area contributed by atoms with Gasteiger partial charge in [0.1, 0.15) is 11.5 Å². The standard InChI is InChI=1S/C19H22N2O2.C2H6/c1-5-6-11-20-15(3)18-12-16(8-7-14(18)2)19-10-9-17(23-19)13-21(4)22;1-2/h5-12,20,22H,1-2,13H2,3-4H3;1-2H3/b11-6+,18-15+;. The molecule has 4 heteroatoms. The van der Waals surface area contributed by atoms with E-state index in [0.717, 1.165) is 32.5 Å². The topological polar surface area (TPSA) is 48.6 Å². The predicted octanol–water partition coefficient (Wildman–Crippen LogP) is 3.62. The van der Waals surface area contributed by atoms with Gasteiger partial charge in [-0.1, -0.05) is 45.2 Å². The second-order valence-electron chi connectivity index (χ2n) is 5.32. The second kappa shape index (κ2) is 10.3. The van der Waals surface area contributed by atoms with Crippen LogP contribution in [0.25, 0.3) is 23.6 Å². The summed E-state index contributed by atoms with van der Waals surface area (Å²) in [6.45, 7) is 14.1. The summed E-state index contributed by atoms with van der Waals surface area (Å²) in [5.74, 6) is 1.47. The SMILES string of the molecule is C=C/C=C/N/C(C)=c1\cc(-c2ccc(CN(C)O)o2)ccc1=C.CC. The molecule has 0 radical (unpaired) electrons. The van der Waals surface area contributed by atoms with Crippen LogP contribution < -0.4 is 15.8 Å². The molecule has 1 aromatic carbocycles. The maximum Gasteiger partial charge on any atom is 0.134 e. The van der Waals surface area contributed by atoms with Crippen molar-refractivity contribution >= 4 is 12.3 Å². The lowest BCUT2D eigenvalue weighted by molar-refractivity contribution is -0.0772. The van der Waals surface area contributed by atoms with Crippen LogP contribution in [-0.4, -0.2) is 17.3 Å². The number of hydrogen-bond donors (Lipinski definition) is 2. The summed E-state index contributed by atoms with van der Waals surface area (Å²) in [4.78, 5) is 0. The molecule has 0 aliphatic heterocycles. The fourth-order valence-corrected chi connectivity index (χ4v) is 2.24. The lowest BCUT2D eigenvalue weighted by Gasteiger charge is -2.05. The summed E-state index contributed by atoms with van der Waals surface area (Å²) < 4.78 is 5.77. The third-order valence-corrected chi connectivity index (χ3v) is 3.38. The summed E-state index contributed by atoms with van der Waals surface area (Å²) in [6, 6.07) is 9.75. The maximum absolute atomic E-state index is 9.28. The highest BCUT2D eigenvalue weighted by molar-refractivity contribution is 5.59. The Kier molecular flexibility index (Phi) is 8.47. The van der Waals surface area contributed by atoms with Gasteiger partial charge in [0.15, 0.2) is 0 Å². The Hall–Kier alpha value is -2.56. The fourth-order valence-electron chi connectivity index (χ4n) is 2.24. The smallest absolute Gasteiger partial charge is 0.134 e. The van der Waals surface area contributed by atoms with E-state index in [-0.39, 0.29) is 0 Å². The Morgan fingerprint density at radius 3 is 2.64 bits per heavy atom. The summed E-state index contributed by atoms with van der Waals surface area (Å²) in [5.41, 5.74) is 1.96. The van der Waals surface area contributed by atoms with Crippen LogP contribution in [-0.2, 0) is 6.54 Å². The van der Waals surface area contributed by atoms with E-state index in [0.29, 0.717) is 12.3 Å². The molecule has 0 aliphatic carbocycles. The van der Waals surface area contributed by atoms with Gasteiger partial charge in [-0.3, -0.25) is 0 Å². The molecule has 1 heterocycles. The Balaban J connectivity index is 0.00000151. The van der Waals surface area contributed by atoms with E-state index in [1.165, 1.54) is 0 Å². The van der Waals surface area contributed by atoms with Crippen molar-refractivity contribution in [3.63, 3.8) is 0 Å². The zero-order valence-corrected chi connectivity index (χ0v) is 15.5. The van der Waals surface area contributed by atoms with E-state index in [9.17, 15) is 5.21 Å².